The van der Waals surface area contributed by atoms with E-state index < -0.39 is 17.5 Å². The number of halogens is 2. The van der Waals surface area contributed by atoms with E-state index in [0.29, 0.717) is 13.1 Å². The van der Waals surface area contributed by atoms with Gasteiger partial charge in [0, 0.05) is 43.4 Å². The van der Waals surface area contributed by atoms with Gasteiger partial charge in [0.15, 0.2) is 0 Å². The topological polar surface area (TPSA) is 77.1 Å². The van der Waals surface area contributed by atoms with Crippen molar-refractivity contribution in [2.75, 3.05) is 6.54 Å². The lowest BCUT2D eigenvalue weighted by atomic mass is 9.85. The highest BCUT2D eigenvalue weighted by Crippen LogP contribution is 2.35. The molecule has 1 unspecified atom stereocenters. The first-order chi connectivity index (χ1) is 15.4. The van der Waals surface area contributed by atoms with E-state index in [4.69, 9.17) is 4.42 Å². The van der Waals surface area contributed by atoms with Crippen molar-refractivity contribution in [3.8, 4) is 11.5 Å². The van der Waals surface area contributed by atoms with E-state index in [1.165, 1.54) is 6.07 Å². The summed E-state index contributed by atoms with van der Waals surface area (Å²) >= 11 is 0. The SMILES string of the molecule is Cc1c(C2CN(C(=O)c3nnc(-c4ccc(F)cc4F)o3)Cc3ccccc32)cnn1C. The zero-order chi connectivity index (χ0) is 22.4. The minimum Gasteiger partial charge on any atom is -0.412 e. The van der Waals surface area contributed by atoms with Gasteiger partial charge in [-0.15, -0.1) is 10.2 Å². The molecule has 1 aliphatic heterocycles. The quantitative estimate of drug-likeness (QED) is 0.489. The summed E-state index contributed by atoms with van der Waals surface area (Å²) in [5, 5.41) is 12.0. The second-order valence-corrected chi connectivity index (χ2v) is 7.78. The summed E-state index contributed by atoms with van der Waals surface area (Å²) in [4.78, 5) is 14.9. The van der Waals surface area contributed by atoms with Crippen LogP contribution in [0.3, 0.4) is 0 Å². The summed E-state index contributed by atoms with van der Waals surface area (Å²) in [6.07, 6.45) is 1.83. The third kappa shape index (κ3) is 3.35. The molecule has 2 aromatic carbocycles. The van der Waals surface area contributed by atoms with Crippen LogP contribution in [0.1, 0.15) is 39.0 Å². The van der Waals surface area contributed by atoms with Gasteiger partial charge in [0.1, 0.15) is 11.6 Å². The van der Waals surface area contributed by atoms with Gasteiger partial charge in [0.25, 0.3) is 5.89 Å². The van der Waals surface area contributed by atoms with E-state index in [0.717, 1.165) is 34.5 Å². The number of rotatable bonds is 3. The van der Waals surface area contributed by atoms with E-state index in [9.17, 15) is 13.6 Å². The predicted octanol–water partition coefficient (Wildman–Crippen LogP) is 3.84. The molecule has 2 aromatic heterocycles. The van der Waals surface area contributed by atoms with Gasteiger partial charge >= 0.3 is 11.8 Å². The highest BCUT2D eigenvalue weighted by molar-refractivity contribution is 5.90. The maximum atomic E-state index is 14.1. The van der Waals surface area contributed by atoms with Crippen molar-refractivity contribution in [1.82, 2.24) is 24.9 Å². The number of hydrogen-bond donors (Lipinski definition) is 0. The first-order valence-electron chi connectivity index (χ1n) is 10.1. The van der Waals surface area contributed by atoms with Gasteiger partial charge < -0.3 is 9.32 Å². The number of aryl methyl sites for hydroxylation is 1. The molecule has 0 radical (unpaired) electrons. The average molecular weight is 435 g/mol. The molecule has 0 spiro atoms. The van der Waals surface area contributed by atoms with Crippen LogP contribution in [0.25, 0.3) is 11.5 Å². The van der Waals surface area contributed by atoms with Gasteiger partial charge in [-0.3, -0.25) is 9.48 Å². The van der Waals surface area contributed by atoms with E-state index in [-0.39, 0.29) is 23.3 Å². The fourth-order valence-corrected chi connectivity index (χ4v) is 4.10. The molecule has 5 rings (SSSR count). The number of aromatic nitrogens is 4. The maximum absolute atomic E-state index is 14.1. The number of carbonyl (C=O) groups excluding carboxylic acids is 1. The first kappa shape index (κ1) is 20.0. The van der Waals surface area contributed by atoms with Gasteiger partial charge in [0.05, 0.1) is 11.8 Å². The van der Waals surface area contributed by atoms with Crippen LogP contribution in [-0.2, 0) is 13.6 Å². The van der Waals surface area contributed by atoms with Crippen molar-refractivity contribution < 1.29 is 18.0 Å². The van der Waals surface area contributed by atoms with Crippen LogP contribution < -0.4 is 0 Å². The highest BCUT2D eigenvalue weighted by atomic mass is 19.1. The Kier molecular flexibility index (Phi) is 4.80. The van der Waals surface area contributed by atoms with E-state index in [1.807, 2.05) is 38.4 Å². The lowest BCUT2D eigenvalue weighted by Crippen LogP contribution is -2.38. The zero-order valence-electron chi connectivity index (χ0n) is 17.4. The summed E-state index contributed by atoms with van der Waals surface area (Å²) in [5.74, 6) is -2.49. The Morgan fingerprint density at radius 1 is 1.12 bits per heavy atom. The molecule has 7 nitrogen and oxygen atoms in total. The van der Waals surface area contributed by atoms with Crippen LogP contribution in [0, 0.1) is 18.6 Å². The normalized spacial score (nSPS) is 15.6. The van der Waals surface area contributed by atoms with Crippen molar-refractivity contribution >= 4 is 5.91 Å². The van der Waals surface area contributed by atoms with Crippen molar-refractivity contribution in [3.05, 3.63) is 88.6 Å². The molecule has 162 valence electrons. The Bertz CT molecular complexity index is 1330. The number of benzene rings is 2. The van der Waals surface area contributed by atoms with Crippen LogP contribution >= 0.6 is 0 Å². The Morgan fingerprint density at radius 2 is 1.94 bits per heavy atom. The number of amides is 1. The Balaban J connectivity index is 1.47. The van der Waals surface area contributed by atoms with Crippen molar-refractivity contribution in [1.29, 1.82) is 0 Å². The molecule has 9 heteroatoms. The second kappa shape index (κ2) is 7.67. The lowest BCUT2D eigenvalue weighted by Gasteiger charge is -2.34. The van der Waals surface area contributed by atoms with Crippen molar-refractivity contribution in [2.45, 2.75) is 19.4 Å². The Morgan fingerprint density at radius 3 is 2.69 bits per heavy atom. The Hall–Kier alpha value is -3.88. The highest BCUT2D eigenvalue weighted by Gasteiger charge is 2.33. The number of hydrogen-bond acceptors (Lipinski definition) is 5. The zero-order valence-corrected chi connectivity index (χ0v) is 17.4. The van der Waals surface area contributed by atoms with Crippen molar-refractivity contribution in [3.63, 3.8) is 0 Å². The van der Waals surface area contributed by atoms with Crippen LogP contribution in [0.15, 0.2) is 53.1 Å². The monoisotopic (exact) mass is 435 g/mol. The lowest BCUT2D eigenvalue weighted by molar-refractivity contribution is 0.0685. The molecule has 3 heterocycles. The Labute approximate surface area is 182 Å². The molecule has 32 heavy (non-hydrogen) atoms. The van der Waals surface area contributed by atoms with E-state index in [1.54, 1.807) is 9.58 Å². The van der Waals surface area contributed by atoms with Crippen LogP contribution in [0.5, 0.6) is 0 Å². The van der Waals surface area contributed by atoms with Gasteiger partial charge in [-0.05, 0) is 30.2 Å². The van der Waals surface area contributed by atoms with E-state index >= 15 is 0 Å². The predicted molar refractivity (Wildman–Crippen MR) is 111 cm³/mol. The summed E-state index contributed by atoms with van der Waals surface area (Å²) in [5.41, 5.74) is 4.16. The van der Waals surface area contributed by atoms with Crippen LogP contribution in [0.4, 0.5) is 8.78 Å². The van der Waals surface area contributed by atoms with Crippen LogP contribution in [0.2, 0.25) is 0 Å². The number of fused-ring (bicyclic) bond motifs is 1. The second-order valence-electron chi connectivity index (χ2n) is 7.78. The minimum atomic E-state index is -0.841. The summed E-state index contributed by atoms with van der Waals surface area (Å²) in [6.45, 7) is 2.78. The molecule has 0 saturated heterocycles. The van der Waals surface area contributed by atoms with Crippen molar-refractivity contribution in [2.24, 2.45) is 7.05 Å². The summed E-state index contributed by atoms with van der Waals surface area (Å²) in [7, 11) is 1.88. The molecule has 0 N–H and O–H groups in total. The molecule has 0 bridgehead atoms. The average Bonchev–Trinajstić information content (AvgIpc) is 3.40. The molecule has 0 aliphatic carbocycles. The maximum Gasteiger partial charge on any atom is 0.311 e. The van der Waals surface area contributed by atoms with Gasteiger partial charge in [-0.1, -0.05) is 24.3 Å². The molecular formula is C23H19F2N5O2. The third-order valence-electron chi connectivity index (χ3n) is 5.90. The largest absolute Gasteiger partial charge is 0.412 e. The third-order valence-corrected chi connectivity index (χ3v) is 5.90. The summed E-state index contributed by atoms with van der Waals surface area (Å²) < 4.78 is 34.5. The summed E-state index contributed by atoms with van der Waals surface area (Å²) in [6, 6.07) is 11.0. The van der Waals surface area contributed by atoms with Gasteiger partial charge in [0.2, 0.25) is 0 Å². The fraction of sp³-hybridized carbons (Fsp3) is 0.217. The molecule has 1 atom stereocenters. The minimum absolute atomic E-state index is 0.0606. The molecule has 4 aromatic rings. The van der Waals surface area contributed by atoms with Crippen LogP contribution in [-0.4, -0.2) is 37.3 Å². The fourth-order valence-electron chi connectivity index (χ4n) is 4.10. The molecular weight excluding hydrogens is 416 g/mol. The molecule has 1 amide bonds. The number of carbonyl (C=O) groups is 1. The standard InChI is InChI=1S/C23H19F2N5O2/c1-13-18(10-26-29(13)2)19-12-30(11-14-5-3-4-6-16(14)19)23(31)22-28-27-21(32-22)17-8-7-15(24)9-20(17)25/h3-10,19H,11-12H2,1-2H3. The van der Waals surface area contributed by atoms with E-state index in [2.05, 4.69) is 21.4 Å². The smallest absolute Gasteiger partial charge is 0.311 e. The molecule has 0 saturated carbocycles. The molecule has 1 aliphatic rings. The molecule has 0 fully saturated rings. The van der Waals surface area contributed by atoms with Gasteiger partial charge in [-0.2, -0.15) is 5.10 Å². The van der Waals surface area contributed by atoms with Gasteiger partial charge in [-0.25, -0.2) is 8.78 Å². The first-order valence-corrected chi connectivity index (χ1v) is 10.1. The number of nitrogens with zero attached hydrogens (tertiary/aromatic N) is 5.